The molecule has 0 unspecified atom stereocenters. The summed E-state index contributed by atoms with van der Waals surface area (Å²) in [7, 11) is -6.75. The van der Waals surface area contributed by atoms with E-state index in [0.717, 1.165) is 31.9 Å². The molecule has 2 N–H and O–H groups in total. The number of hydrogen-bond donors (Lipinski definition) is 1. The number of carbonyl (C=O) groups is 1. The molecule has 3 rings (SSSR count). The lowest BCUT2D eigenvalue weighted by molar-refractivity contribution is 0.1000. The molecular formula is C19H26N2O5S2. The number of hydrogen-bond acceptors (Lipinski definition) is 5. The van der Waals surface area contributed by atoms with Gasteiger partial charge in [0.1, 0.15) is 0 Å². The van der Waals surface area contributed by atoms with Crippen LogP contribution < -0.4 is 5.73 Å². The van der Waals surface area contributed by atoms with E-state index in [-0.39, 0.29) is 16.9 Å². The zero-order valence-electron chi connectivity index (χ0n) is 16.3. The smallest absolute Gasteiger partial charge is 0.249 e. The number of rotatable bonds is 3. The highest BCUT2D eigenvalue weighted by Gasteiger charge is 2.41. The van der Waals surface area contributed by atoms with Gasteiger partial charge in [0.25, 0.3) is 0 Å². The normalized spacial score (nSPS) is 24.5. The van der Waals surface area contributed by atoms with E-state index in [4.69, 9.17) is 5.73 Å². The quantitative estimate of drug-likeness (QED) is 0.794. The molecule has 1 saturated heterocycles. The van der Waals surface area contributed by atoms with Crippen molar-refractivity contribution in [2.45, 2.75) is 39.0 Å². The second-order valence-corrected chi connectivity index (χ2v) is 12.7. The predicted octanol–water partition coefficient (Wildman–Crippen LogP) is 2.07. The Morgan fingerprint density at radius 2 is 1.75 bits per heavy atom. The molecule has 1 heterocycles. The molecule has 1 aromatic carbocycles. The highest BCUT2D eigenvalue weighted by molar-refractivity contribution is 8.04. The van der Waals surface area contributed by atoms with Gasteiger partial charge in [0.2, 0.25) is 26.0 Å². The SMILES string of the molecule is CN1S(=O)(=O)CC(c2ccc(C(N)=O)c(C3=CCC(C)(C)CC3)c2)CS1(=O)=O. The number of sulfonamides is 2. The summed E-state index contributed by atoms with van der Waals surface area (Å²) in [5.74, 6) is -1.82. The topological polar surface area (TPSA) is 115 Å². The third kappa shape index (κ3) is 4.01. The molecule has 0 bridgehead atoms. The van der Waals surface area contributed by atoms with E-state index in [1.807, 2.05) is 0 Å². The number of nitrogens with two attached hydrogens (primary N) is 1. The summed E-state index contributed by atoms with van der Waals surface area (Å²) in [5.41, 5.74) is 8.35. The molecule has 0 spiro atoms. The number of amides is 1. The van der Waals surface area contributed by atoms with Crippen LogP contribution in [0.3, 0.4) is 0 Å². The molecule has 1 aliphatic carbocycles. The molecule has 2 aliphatic rings. The van der Waals surface area contributed by atoms with Crippen LogP contribution in [0.1, 0.15) is 60.5 Å². The number of allylic oxidation sites excluding steroid dienone is 2. The van der Waals surface area contributed by atoms with Gasteiger partial charge in [0, 0.05) is 18.5 Å². The van der Waals surface area contributed by atoms with Gasteiger partial charge < -0.3 is 5.73 Å². The average molecular weight is 427 g/mol. The second kappa shape index (κ2) is 6.96. The Kier molecular flexibility index (Phi) is 5.23. The third-order valence-corrected chi connectivity index (χ3v) is 10.3. The number of nitrogens with zero attached hydrogens (tertiary/aromatic N) is 1. The van der Waals surface area contributed by atoms with Crippen LogP contribution >= 0.6 is 0 Å². The van der Waals surface area contributed by atoms with E-state index in [1.54, 1.807) is 18.2 Å². The summed E-state index contributed by atoms with van der Waals surface area (Å²) in [6.45, 7) is 4.36. The molecular weight excluding hydrogens is 400 g/mol. The van der Waals surface area contributed by atoms with Crippen molar-refractivity contribution in [3.63, 3.8) is 0 Å². The van der Waals surface area contributed by atoms with Crippen LogP contribution in [0.4, 0.5) is 0 Å². The van der Waals surface area contributed by atoms with E-state index in [0.29, 0.717) is 20.4 Å². The molecule has 1 aliphatic heterocycles. The zero-order chi connectivity index (χ0) is 20.9. The summed E-state index contributed by atoms with van der Waals surface area (Å²) in [5, 5.41) is 0. The van der Waals surface area contributed by atoms with E-state index >= 15 is 0 Å². The van der Waals surface area contributed by atoms with Crippen molar-refractivity contribution >= 4 is 31.5 Å². The second-order valence-electron chi connectivity index (χ2n) is 8.40. The van der Waals surface area contributed by atoms with Crippen LogP contribution in [0.5, 0.6) is 0 Å². The fourth-order valence-corrected chi connectivity index (χ4v) is 7.71. The molecule has 1 fully saturated rings. The van der Waals surface area contributed by atoms with Crippen LogP contribution in [0.15, 0.2) is 24.3 Å². The Hall–Kier alpha value is -1.71. The maximum Gasteiger partial charge on any atom is 0.249 e. The minimum absolute atomic E-state index is 0.185. The van der Waals surface area contributed by atoms with Crippen molar-refractivity contribution in [1.29, 1.82) is 0 Å². The van der Waals surface area contributed by atoms with Crippen molar-refractivity contribution in [2.75, 3.05) is 18.6 Å². The summed E-state index contributed by atoms with van der Waals surface area (Å²) in [6.07, 6.45) is 4.69. The van der Waals surface area contributed by atoms with Crippen molar-refractivity contribution in [1.82, 2.24) is 3.71 Å². The molecule has 1 aromatic rings. The molecule has 7 nitrogen and oxygen atoms in total. The molecule has 1 amide bonds. The standard InChI is InChI=1S/C19H26N2O5S2/c1-19(2)8-6-13(7-9-19)17-10-14(4-5-16(17)18(20)22)15-11-27(23,24)21(3)28(25,26)12-15/h4-6,10,15H,7-9,11-12H2,1-3H3,(H2,20,22). The van der Waals surface area contributed by atoms with Gasteiger partial charge in [0.15, 0.2) is 0 Å². The van der Waals surface area contributed by atoms with Crippen molar-refractivity contribution < 1.29 is 21.6 Å². The Bertz CT molecular complexity index is 1020. The van der Waals surface area contributed by atoms with Gasteiger partial charge in [-0.25, -0.2) is 16.8 Å². The van der Waals surface area contributed by atoms with Crippen molar-refractivity contribution in [3.05, 3.63) is 41.0 Å². The Balaban J connectivity index is 2.05. The monoisotopic (exact) mass is 426 g/mol. The number of primary amides is 1. The zero-order valence-corrected chi connectivity index (χ0v) is 17.9. The van der Waals surface area contributed by atoms with Gasteiger partial charge >= 0.3 is 0 Å². The first-order chi connectivity index (χ1) is 12.8. The van der Waals surface area contributed by atoms with E-state index in [2.05, 4.69) is 19.9 Å². The minimum atomic E-state index is -3.91. The first-order valence-electron chi connectivity index (χ1n) is 9.15. The molecule has 0 radical (unpaired) electrons. The number of carbonyl (C=O) groups excluding carboxylic acids is 1. The molecule has 0 atom stereocenters. The summed E-state index contributed by atoms with van der Waals surface area (Å²) >= 11 is 0. The predicted molar refractivity (Wildman–Crippen MR) is 109 cm³/mol. The largest absolute Gasteiger partial charge is 0.366 e. The molecule has 0 aromatic heterocycles. The average Bonchev–Trinajstić information content (AvgIpc) is 2.58. The maximum absolute atomic E-state index is 12.3. The van der Waals surface area contributed by atoms with Crippen molar-refractivity contribution in [3.8, 4) is 0 Å². The van der Waals surface area contributed by atoms with Crippen LogP contribution in [-0.2, 0) is 20.0 Å². The molecule has 28 heavy (non-hydrogen) atoms. The van der Waals surface area contributed by atoms with Crippen LogP contribution in [0, 0.1) is 5.41 Å². The summed E-state index contributed by atoms with van der Waals surface area (Å²) in [6, 6.07) is 4.92. The summed E-state index contributed by atoms with van der Waals surface area (Å²) < 4.78 is 49.6. The van der Waals surface area contributed by atoms with Gasteiger partial charge in [-0.2, -0.15) is 0 Å². The van der Waals surface area contributed by atoms with Gasteiger partial charge in [-0.1, -0.05) is 35.8 Å². The van der Waals surface area contributed by atoms with Crippen LogP contribution in [0.2, 0.25) is 0 Å². The maximum atomic E-state index is 12.3. The van der Waals surface area contributed by atoms with Crippen LogP contribution in [-0.4, -0.2) is 45.0 Å². The number of benzene rings is 1. The molecule has 9 heteroatoms. The first-order valence-corrected chi connectivity index (χ1v) is 12.4. The lowest BCUT2D eigenvalue weighted by Gasteiger charge is -2.31. The molecule has 154 valence electrons. The fourth-order valence-electron chi connectivity index (χ4n) is 3.75. The fraction of sp³-hybridized carbons (Fsp3) is 0.526. The van der Waals surface area contributed by atoms with Gasteiger partial charge in [0.05, 0.1) is 11.5 Å². The van der Waals surface area contributed by atoms with Crippen molar-refractivity contribution in [2.24, 2.45) is 11.1 Å². The minimum Gasteiger partial charge on any atom is -0.366 e. The van der Waals surface area contributed by atoms with E-state index < -0.39 is 31.9 Å². The van der Waals surface area contributed by atoms with E-state index in [9.17, 15) is 21.6 Å². The summed E-state index contributed by atoms with van der Waals surface area (Å²) in [4.78, 5) is 11.9. The Morgan fingerprint density at radius 3 is 2.25 bits per heavy atom. The lowest BCUT2D eigenvalue weighted by atomic mass is 9.76. The Labute approximate surface area is 166 Å². The first kappa shape index (κ1) is 21.0. The molecule has 0 saturated carbocycles. The lowest BCUT2D eigenvalue weighted by Crippen LogP contribution is -2.45. The highest BCUT2D eigenvalue weighted by atomic mass is 32.3. The third-order valence-electron chi connectivity index (χ3n) is 5.71. The van der Waals surface area contributed by atoms with E-state index in [1.165, 1.54) is 0 Å². The van der Waals surface area contributed by atoms with Gasteiger partial charge in [-0.15, -0.1) is 0 Å². The van der Waals surface area contributed by atoms with Gasteiger partial charge in [-0.3, -0.25) is 4.79 Å². The van der Waals surface area contributed by atoms with Crippen LogP contribution in [0.25, 0.3) is 5.57 Å². The highest BCUT2D eigenvalue weighted by Crippen LogP contribution is 2.40. The van der Waals surface area contributed by atoms with Gasteiger partial charge in [-0.05, 0) is 47.4 Å². The Morgan fingerprint density at radius 1 is 1.14 bits per heavy atom.